The lowest BCUT2D eigenvalue weighted by molar-refractivity contribution is 0.274. The summed E-state index contributed by atoms with van der Waals surface area (Å²) in [6, 6.07) is 2.51. The van der Waals surface area contributed by atoms with Gasteiger partial charge >= 0.3 is 0 Å². The van der Waals surface area contributed by atoms with Gasteiger partial charge in [0.2, 0.25) is 0 Å². The van der Waals surface area contributed by atoms with Crippen LogP contribution in [-0.4, -0.2) is 34.4 Å². The van der Waals surface area contributed by atoms with Crippen LogP contribution in [0.5, 0.6) is 0 Å². The molecule has 0 aliphatic heterocycles. The van der Waals surface area contributed by atoms with Gasteiger partial charge in [0, 0.05) is 35.7 Å². The molecule has 0 radical (unpaired) electrons. The third-order valence-electron chi connectivity index (χ3n) is 3.43. The van der Waals surface area contributed by atoms with Gasteiger partial charge < -0.3 is 15.1 Å². The molecular weight excluding hydrogens is 216 g/mol. The summed E-state index contributed by atoms with van der Waals surface area (Å²) >= 11 is 0. The van der Waals surface area contributed by atoms with E-state index in [2.05, 4.69) is 9.88 Å². The van der Waals surface area contributed by atoms with Crippen LogP contribution < -0.4 is 4.90 Å². The molecule has 0 saturated heterocycles. The Balaban J connectivity index is 2.29. The third kappa shape index (κ3) is 2.58. The van der Waals surface area contributed by atoms with Gasteiger partial charge in [0.25, 0.3) is 0 Å². The lowest BCUT2D eigenvalue weighted by Gasteiger charge is -2.39. The molecule has 1 heterocycles. The van der Waals surface area contributed by atoms with Crippen LogP contribution in [-0.2, 0) is 6.61 Å². The summed E-state index contributed by atoms with van der Waals surface area (Å²) < 4.78 is 0. The second-order valence-electron chi connectivity index (χ2n) is 4.61. The van der Waals surface area contributed by atoms with Crippen LogP contribution in [0.3, 0.4) is 0 Å². The minimum absolute atomic E-state index is 0.00272. The summed E-state index contributed by atoms with van der Waals surface area (Å²) in [4.78, 5) is 6.42. The first-order valence-electron chi connectivity index (χ1n) is 6.20. The van der Waals surface area contributed by atoms with Gasteiger partial charge in [0.1, 0.15) is 0 Å². The van der Waals surface area contributed by atoms with Crippen molar-refractivity contribution >= 4 is 5.69 Å². The Morgan fingerprint density at radius 3 is 2.71 bits per heavy atom. The van der Waals surface area contributed by atoms with Crippen LogP contribution in [0.1, 0.15) is 30.5 Å². The van der Waals surface area contributed by atoms with E-state index in [0.29, 0.717) is 12.6 Å². The topological polar surface area (TPSA) is 56.6 Å². The van der Waals surface area contributed by atoms with Crippen molar-refractivity contribution in [1.82, 2.24) is 4.98 Å². The first-order chi connectivity index (χ1) is 8.26. The Hall–Kier alpha value is -1.13. The summed E-state index contributed by atoms with van der Waals surface area (Å²) in [5.41, 5.74) is 2.81. The van der Waals surface area contributed by atoms with E-state index in [9.17, 15) is 10.2 Å². The van der Waals surface area contributed by atoms with Gasteiger partial charge in [-0.05, 0) is 32.3 Å². The van der Waals surface area contributed by atoms with Crippen molar-refractivity contribution in [2.24, 2.45) is 0 Å². The van der Waals surface area contributed by atoms with Crippen molar-refractivity contribution in [2.75, 3.05) is 18.1 Å². The predicted molar refractivity (Wildman–Crippen MR) is 67.0 cm³/mol. The average Bonchev–Trinajstić information content (AvgIpc) is 2.26. The molecule has 17 heavy (non-hydrogen) atoms. The third-order valence-corrected chi connectivity index (χ3v) is 3.43. The molecule has 1 aromatic heterocycles. The Kier molecular flexibility index (Phi) is 3.97. The molecular formula is C13H20N2O2. The molecule has 0 atom stereocenters. The molecule has 0 spiro atoms. The van der Waals surface area contributed by atoms with Crippen molar-refractivity contribution in [3.8, 4) is 0 Å². The van der Waals surface area contributed by atoms with Gasteiger partial charge in [-0.3, -0.25) is 4.98 Å². The maximum absolute atomic E-state index is 9.37. The number of hydrogen-bond donors (Lipinski definition) is 2. The van der Waals surface area contributed by atoms with Crippen molar-refractivity contribution in [1.29, 1.82) is 0 Å². The maximum atomic E-state index is 9.37. The molecule has 0 unspecified atom stereocenters. The number of aryl methyl sites for hydroxylation is 1. The van der Waals surface area contributed by atoms with Gasteiger partial charge in [0.15, 0.2) is 0 Å². The summed E-state index contributed by atoms with van der Waals surface area (Å²) in [6.45, 7) is 2.71. The molecule has 1 aromatic rings. The standard InChI is InChI=1S/C13H20N2O2/c1-10-7-13(11(9-17)8-14-10)15(5-6-16)12-3-2-4-12/h7-8,12,16-17H,2-6,9H2,1H3. The van der Waals surface area contributed by atoms with Gasteiger partial charge in [-0.15, -0.1) is 0 Å². The predicted octanol–water partition coefficient (Wildman–Crippen LogP) is 1.23. The molecule has 0 bridgehead atoms. The first-order valence-corrected chi connectivity index (χ1v) is 6.20. The van der Waals surface area contributed by atoms with Gasteiger partial charge in [-0.2, -0.15) is 0 Å². The highest BCUT2D eigenvalue weighted by atomic mass is 16.3. The van der Waals surface area contributed by atoms with Gasteiger partial charge in [0.05, 0.1) is 13.2 Å². The van der Waals surface area contributed by atoms with E-state index in [1.54, 1.807) is 6.20 Å². The highest BCUT2D eigenvalue weighted by molar-refractivity contribution is 5.54. The Bertz CT molecular complexity index is 378. The zero-order valence-electron chi connectivity index (χ0n) is 10.3. The van der Waals surface area contributed by atoms with E-state index < -0.39 is 0 Å². The fourth-order valence-corrected chi connectivity index (χ4v) is 2.27. The maximum Gasteiger partial charge on any atom is 0.0717 e. The van der Waals surface area contributed by atoms with Crippen LogP contribution in [0.2, 0.25) is 0 Å². The minimum atomic E-state index is -0.00272. The number of rotatable bonds is 5. The Morgan fingerprint density at radius 1 is 1.41 bits per heavy atom. The molecule has 2 N–H and O–H groups in total. The molecule has 0 amide bonds. The molecule has 4 heteroatoms. The zero-order valence-corrected chi connectivity index (χ0v) is 10.3. The largest absolute Gasteiger partial charge is 0.395 e. The quantitative estimate of drug-likeness (QED) is 0.807. The van der Waals surface area contributed by atoms with E-state index in [1.807, 2.05) is 13.0 Å². The molecule has 94 valence electrons. The smallest absolute Gasteiger partial charge is 0.0717 e. The second-order valence-corrected chi connectivity index (χ2v) is 4.61. The van der Waals surface area contributed by atoms with E-state index in [4.69, 9.17) is 0 Å². The van der Waals surface area contributed by atoms with Crippen molar-refractivity contribution in [3.63, 3.8) is 0 Å². The second kappa shape index (κ2) is 5.47. The monoisotopic (exact) mass is 236 g/mol. The normalized spacial score (nSPS) is 15.7. The first kappa shape index (κ1) is 12.3. The fraction of sp³-hybridized carbons (Fsp3) is 0.615. The van der Waals surface area contributed by atoms with E-state index >= 15 is 0 Å². The zero-order chi connectivity index (χ0) is 12.3. The van der Waals surface area contributed by atoms with Gasteiger partial charge in [-0.1, -0.05) is 0 Å². The molecule has 1 aliphatic carbocycles. The lowest BCUT2D eigenvalue weighted by Crippen LogP contribution is -2.42. The van der Waals surface area contributed by atoms with Crippen molar-refractivity contribution < 1.29 is 10.2 Å². The molecule has 1 saturated carbocycles. The van der Waals surface area contributed by atoms with Crippen LogP contribution in [0, 0.1) is 6.92 Å². The van der Waals surface area contributed by atoms with Crippen LogP contribution in [0.15, 0.2) is 12.3 Å². The van der Waals surface area contributed by atoms with E-state index in [-0.39, 0.29) is 13.2 Å². The Morgan fingerprint density at radius 2 is 2.18 bits per heavy atom. The number of hydrogen-bond acceptors (Lipinski definition) is 4. The van der Waals surface area contributed by atoms with E-state index in [1.165, 1.54) is 19.3 Å². The molecule has 2 rings (SSSR count). The fourth-order valence-electron chi connectivity index (χ4n) is 2.27. The summed E-state index contributed by atoms with van der Waals surface area (Å²) in [6.07, 6.45) is 5.33. The molecule has 1 fully saturated rings. The molecule has 1 aliphatic rings. The summed E-state index contributed by atoms with van der Waals surface area (Å²) in [5.74, 6) is 0. The average molecular weight is 236 g/mol. The van der Waals surface area contributed by atoms with Crippen LogP contribution >= 0.6 is 0 Å². The summed E-state index contributed by atoms with van der Waals surface area (Å²) in [5, 5.41) is 18.5. The van der Waals surface area contributed by atoms with Crippen LogP contribution in [0.4, 0.5) is 5.69 Å². The highest BCUT2D eigenvalue weighted by Gasteiger charge is 2.26. The number of aliphatic hydroxyl groups excluding tert-OH is 2. The number of nitrogens with zero attached hydrogens (tertiary/aromatic N) is 2. The Labute approximate surface area is 102 Å². The lowest BCUT2D eigenvalue weighted by atomic mass is 9.90. The number of anilines is 1. The number of aromatic nitrogens is 1. The van der Waals surface area contributed by atoms with Crippen molar-refractivity contribution in [3.05, 3.63) is 23.5 Å². The summed E-state index contributed by atoms with van der Waals surface area (Å²) in [7, 11) is 0. The molecule has 4 nitrogen and oxygen atoms in total. The van der Waals surface area contributed by atoms with Crippen LogP contribution in [0.25, 0.3) is 0 Å². The SMILES string of the molecule is Cc1cc(N(CCO)C2CCC2)c(CO)cn1. The minimum Gasteiger partial charge on any atom is -0.395 e. The molecule has 0 aromatic carbocycles. The number of aliphatic hydroxyl groups is 2. The van der Waals surface area contributed by atoms with Crippen molar-refractivity contribution in [2.45, 2.75) is 38.8 Å². The van der Waals surface area contributed by atoms with E-state index in [0.717, 1.165) is 16.9 Å². The highest BCUT2D eigenvalue weighted by Crippen LogP contribution is 2.31. The number of pyridine rings is 1. The van der Waals surface area contributed by atoms with Gasteiger partial charge in [-0.25, -0.2) is 0 Å².